The summed E-state index contributed by atoms with van der Waals surface area (Å²) < 4.78 is 1.19. The van der Waals surface area contributed by atoms with Gasteiger partial charge in [0.1, 0.15) is 5.82 Å². The minimum absolute atomic E-state index is 0.726. The molecule has 5 heteroatoms. The van der Waals surface area contributed by atoms with Crippen molar-refractivity contribution in [3.05, 3.63) is 57.8 Å². The van der Waals surface area contributed by atoms with E-state index in [1.54, 1.807) is 0 Å². The van der Waals surface area contributed by atoms with Gasteiger partial charge in [-0.25, -0.2) is 4.98 Å². The molecule has 1 aliphatic rings. The number of thiocarbonyl (C=S) groups is 1. The summed E-state index contributed by atoms with van der Waals surface area (Å²) in [6.07, 6.45) is 1.85. The van der Waals surface area contributed by atoms with Gasteiger partial charge in [0.25, 0.3) is 0 Å². The molecule has 1 aliphatic heterocycles. The summed E-state index contributed by atoms with van der Waals surface area (Å²) in [6.45, 7) is 3.60. The van der Waals surface area contributed by atoms with Crippen LogP contribution in [0.1, 0.15) is 5.56 Å². The van der Waals surface area contributed by atoms with Crippen LogP contribution in [0.25, 0.3) is 0 Å². The third kappa shape index (κ3) is 4.21. The largest absolute Gasteiger partial charge is 0.352 e. The van der Waals surface area contributed by atoms with E-state index in [0.29, 0.717) is 0 Å². The Morgan fingerprint density at radius 1 is 1.04 bits per heavy atom. The van der Waals surface area contributed by atoms with E-state index in [4.69, 9.17) is 12.2 Å². The number of anilines is 1. The molecular formula is C18H16IN3S. The van der Waals surface area contributed by atoms with Crippen molar-refractivity contribution in [2.75, 3.05) is 31.1 Å². The molecule has 0 atom stereocenters. The summed E-state index contributed by atoms with van der Waals surface area (Å²) in [6, 6.07) is 14.0. The van der Waals surface area contributed by atoms with Crippen molar-refractivity contribution in [2.24, 2.45) is 0 Å². The molecule has 0 spiro atoms. The van der Waals surface area contributed by atoms with Gasteiger partial charge in [-0.1, -0.05) is 36.3 Å². The van der Waals surface area contributed by atoms with Crippen molar-refractivity contribution >= 4 is 45.6 Å². The minimum atomic E-state index is 0.726. The predicted octanol–water partition coefficient (Wildman–Crippen LogP) is 3.19. The van der Waals surface area contributed by atoms with E-state index >= 15 is 0 Å². The average Bonchev–Trinajstić information content (AvgIpc) is 2.61. The van der Waals surface area contributed by atoms with Gasteiger partial charge >= 0.3 is 0 Å². The minimum Gasteiger partial charge on any atom is -0.352 e. The lowest BCUT2D eigenvalue weighted by atomic mass is 10.2. The Kier molecular flexibility index (Phi) is 5.47. The third-order valence-corrected chi connectivity index (χ3v) is 4.90. The third-order valence-electron chi connectivity index (χ3n) is 3.69. The Balaban J connectivity index is 1.60. The number of piperazine rings is 1. The molecule has 1 aromatic heterocycles. The Bertz CT molecular complexity index is 744. The molecule has 0 N–H and O–H groups in total. The second kappa shape index (κ2) is 7.75. The first-order valence-electron chi connectivity index (χ1n) is 7.45. The molecular weight excluding hydrogens is 417 g/mol. The van der Waals surface area contributed by atoms with E-state index in [-0.39, 0.29) is 0 Å². The van der Waals surface area contributed by atoms with Crippen LogP contribution < -0.4 is 4.90 Å². The van der Waals surface area contributed by atoms with Gasteiger partial charge in [0.05, 0.1) is 3.57 Å². The van der Waals surface area contributed by atoms with Crippen molar-refractivity contribution in [1.29, 1.82) is 0 Å². The van der Waals surface area contributed by atoms with E-state index in [0.717, 1.165) is 42.5 Å². The Morgan fingerprint density at radius 3 is 2.48 bits per heavy atom. The van der Waals surface area contributed by atoms with Gasteiger partial charge in [-0.15, -0.1) is 0 Å². The number of hydrogen-bond donors (Lipinski definition) is 0. The molecule has 1 aromatic carbocycles. The standard InChI is InChI=1S/C18H16IN3S/c19-16-7-4-10-20-18(16)22-13-11-21(12-14-22)17(23)9-8-15-5-2-1-3-6-15/h1-7,10H,11-14H2. The normalized spacial score (nSPS) is 14.1. The topological polar surface area (TPSA) is 19.4 Å². The lowest BCUT2D eigenvalue weighted by Crippen LogP contribution is -2.48. The molecule has 3 rings (SSSR count). The predicted molar refractivity (Wildman–Crippen MR) is 107 cm³/mol. The van der Waals surface area contributed by atoms with Gasteiger partial charge in [-0.05, 0) is 52.8 Å². The monoisotopic (exact) mass is 433 g/mol. The smallest absolute Gasteiger partial charge is 0.153 e. The van der Waals surface area contributed by atoms with Gasteiger partial charge in [0.2, 0.25) is 0 Å². The van der Waals surface area contributed by atoms with Crippen molar-refractivity contribution in [1.82, 2.24) is 9.88 Å². The lowest BCUT2D eigenvalue weighted by molar-refractivity contribution is 0.392. The number of hydrogen-bond acceptors (Lipinski definition) is 3. The van der Waals surface area contributed by atoms with Gasteiger partial charge < -0.3 is 9.80 Å². The van der Waals surface area contributed by atoms with E-state index in [1.165, 1.54) is 3.57 Å². The number of pyridine rings is 1. The SMILES string of the molecule is S=C(C#Cc1ccccc1)N1CCN(c2ncccc2I)CC1. The Labute approximate surface area is 155 Å². The maximum atomic E-state index is 5.47. The number of nitrogens with zero attached hydrogens (tertiary/aromatic N) is 3. The van der Waals surface area contributed by atoms with Crippen molar-refractivity contribution in [2.45, 2.75) is 0 Å². The fourth-order valence-electron chi connectivity index (χ4n) is 2.46. The molecule has 0 saturated carbocycles. The summed E-state index contributed by atoms with van der Waals surface area (Å²) in [4.78, 5) is 9.70. The molecule has 1 saturated heterocycles. The quantitative estimate of drug-likeness (QED) is 0.391. The van der Waals surface area contributed by atoms with E-state index in [1.807, 2.05) is 42.6 Å². The lowest BCUT2D eigenvalue weighted by Gasteiger charge is -2.36. The average molecular weight is 433 g/mol. The van der Waals surface area contributed by atoms with Crippen LogP contribution in [0.3, 0.4) is 0 Å². The van der Waals surface area contributed by atoms with Gasteiger partial charge in [-0.2, -0.15) is 0 Å². The summed E-state index contributed by atoms with van der Waals surface area (Å²) in [5.41, 5.74) is 0.997. The van der Waals surface area contributed by atoms with Crippen LogP contribution in [-0.2, 0) is 0 Å². The second-order valence-corrected chi connectivity index (χ2v) is 6.75. The first-order chi connectivity index (χ1) is 11.2. The number of halogens is 1. The zero-order chi connectivity index (χ0) is 16.1. The van der Waals surface area contributed by atoms with Crippen molar-refractivity contribution in [3.8, 4) is 11.8 Å². The molecule has 0 unspecified atom stereocenters. The van der Waals surface area contributed by atoms with Crippen LogP contribution in [0.15, 0.2) is 48.7 Å². The zero-order valence-corrected chi connectivity index (χ0v) is 15.5. The molecule has 2 heterocycles. The maximum Gasteiger partial charge on any atom is 0.153 e. The van der Waals surface area contributed by atoms with E-state index in [2.05, 4.69) is 55.3 Å². The Hall–Kier alpha value is -1.65. The highest BCUT2D eigenvalue weighted by atomic mass is 127. The summed E-state index contributed by atoms with van der Waals surface area (Å²) in [5.74, 6) is 7.30. The fourth-order valence-corrected chi connectivity index (χ4v) is 3.38. The molecule has 1 fully saturated rings. The number of benzene rings is 1. The maximum absolute atomic E-state index is 5.47. The summed E-state index contributed by atoms with van der Waals surface area (Å²) >= 11 is 7.81. The molecule has 3 nitrogen and oxygen atoms in total. The van der Waals surface area contributed by atoms with Crippen LogP contribution in [0.4, 0.5) is 5.82 Å². The van der Waals surface area contributed by atoms with Crippen LogP contribution in [0.2, 0.25) is 0 Å². The van der Waals surface area contributed by atoms with Gasteiger partial charge in [-0.3, -0.25) is 0 Å². The highest BCUT2D eigenvalue weighted by Gasteiger charge is 2.20. The first-order valence-corrected chi connectivity index (χ1v) is 8.94. The number of aromatic nitrogens is 1. The molecule has 2 aromatic rings. The Morgan fingerprint density at radius 2 is 1.78 bits per heavy atom. The molecule has 0 radical (unpaired) electrons. The van der Waals surface area contributed by atoms with Gasteiger partial charge in [0, 0.05) is 37.9 Å². The molecule has 0 amide bonds. The molecule has 0 aliphatic carbocycles. The van der Waals surface area contributed by atoms with E-state index in [9.17, 15) is 0 Å². The van der Waals surface area contributed by atoms with Crippen LogP contribution in [0, 0.1) is 15.4 Å². The molecule has 0 bridgehead atoms. The summed E-state index contributed by atoms with van der Waals surface area (Å²) in [5, 5.41) is 0. The highest BCUT2D eigenvalue weighted by Crippen LogP contribution is 2.20. The summed E-state index contributed by atoms with van der Waals surface area (Å²) in [7, 11) is 0. The van der Waals surface area contributed by atoms with Crippen LogP contribution >= 0.6 is 34.8 Å². The molecule has 23 heavy (non-hydrogen) atoms. The highest BCUT2D eigenvalue weighted by molar-refractivity contribution is 14.1. The van der Waals surface area contributed by atoms with Crippen molar-refractivity contribution < 1.29 is 0 Å². The molecule has 116 valence electrons. The van der Waals surface area contributed by atoms with E-state index < -0.39 is 0 Å². The zero-order valence-electron chi connectivity index (χ0n) is 12.6. The van der Waals surface area contributed by atoms with Crippen molar-refractivity contribution in [3.63, 3.8) is 0 Å². The van der Waals surface area contributed by atoms with Gasteiger partial charge in [0.15, 0.2) is 4.99 Å². The fraction of sp³-hybridized carbons (Fsp3) is 0.222. The first kappa shape index (κ1) is 16.2. The van der Waals surface area contributed by atoms with Crippen LogP contribution in [-0.4, -0.2) is 41.1 Å². The second-order valence-electron chi connectivity index (χ2n) is 5.20. The number of rotatable bonds is 1. The van der Waals surface area contributed by atoms with Crippen LogP contribution in [0.5, 0.6) is 0 Å².